The number of hydrogen-bond donors (Lipinski definition) is 1. The monoisotopic (exact) mass is 515 g/mol. The lowest BCUT2D eigenvalue weighted by atomic mass is 9.89. The van der Waals surface area contributed by atoms with Gasteiger partial charge >= 0.3 is 6.61 Å². The molecular weight excluding hydrogens is 500 g/mol. The van der Waals surface area contributed by atoms with Crippen LogP contribution in [0, 0.1) is 0 Å². The molecule has 2 atom stereocenters. The number of halogens is 3. The van der Waals surface area contributed by atoms with Gasteiger partial charge in [0.1, 0.15) is 11.5 Å². The molecule has 2 aromatic carbocycles. The second kappa shape index (κ2) is 7.92. The highest BCUT2D eigenvalue weighted by molar-refractivity contribution is 9.11. The summed E-state index contributed by atoms with van der Waals surface area (Å²) in [5.41, 5.74) is 2.16. The van der Waals surface area contributed by atoms with E-state index in [1.165, 1.54) is 24.3 Å². The van der Waals surface area contributed by atoms with Crippen LogP contribution in [0.3, 0.4) is 0 Å². The van der Waals surface area contributed by atoms with E-state index in [0.717, 1.165) is 8.66 Å². The van der Waals surface area contributed by atoms with Gasteiger partial charge in [0.05, 0.1) is 19.5 Å². The second-order valence-electron chi connectivity index (χ2n) is 6.73. The van der Waals surface area contributed by atoms with Crippen molar-refractivity contribution in [2.45, 2.75) is 24.9 Å². The highest BCUT2D eigenvalue weighted by atomic mass is 79.9. The molecule has 1 aromatic heterocycles. The number of ether oxygens (including phenoxy) is 2. The molecule has 0 fully saturated rings. The first-order chi connectivity index (χ1) is 14.1. The van der Waals surface area contributed by atoms with E-state index in [1.54, 1.807) is 30.3 Å². The quantitative estimate of drug-likeness (QED) is 0.478. The molecule has 0 spiro atoms. The topological polar surface area (TPSA) is 78.6 Å². The maximum Gasteiger partial charge on any atom is 0.387 e. The average molecular weight is 516 g/mol. The Balaban J connectivity index is 1.93. The van der Waals surface area contributed by atoms with E-state index in [0.29, 0.717) is 28.0 Å². The Morgan fingerprint density at radius 3 is 2.60 bits per heavy atom. The van der Waals surface area contributed by atoms with Crippen LogP contribution in [-0.4, -0.2) is 15.0 Å². The van der Waals surface area contributed by atoms with Gasteiger partial charge in [0, 0.05) is 5.56 Å². The number of nitrogens with two attached hydrogens (primary N) is 1. The Bertz CT molecular complexity index is 1210. The number of fused-ring (bicyclic) bond motifs is 3. The first-order valence-electron chi connectivity index (χ1n) is 8.80. The lowest BCUT2D eigenvalue weighted by Gasteiger charge is -2.30. The number of sulfonamides is 1. The Labute approximate surface area is 184 Å². The van der Waals surface area contributed by atoms with E-state index in [2.05, 4.69) is 15.9 Å². The average Bonchev–Trinajstić information content (AvgIpc) is 3.11. The zero-order valence-electron chi connectivity index (χ0n) is 15.5. The number of alkyl halides is 2. The molecule has 30 heavy (non-hydrogen) atoms. The van der Waals surface area contributed by atoms with Crippen molar-refractivity contribution in [1.29, 1.82) is 0 Å². The fraction of sp³-hybridized carbons (Fsp3) is 0.200. The molecule has 10 heteroatoms. The standard InChI is InChI=1S/C20H16BrF2NO4S2/c1-10(30(24,25)26)11-5-6-12-13(9-11)19(16-7-8-17(21)29-16)27-14-3-2-4-15(18(12)14)28-20(22)23/h2-10,19-20H,1H3,(H2,24,25,26). The van der Waals surface area contributed by atoms with E-state index in [4.69, 9.17) is 14.6 Å². The predicted molar refractivity (Wildman–Crippen MR) is 115 cm³/mol. The van der Waals surface area contributed by atoms with Crippen LogP contribution in [-0.2, 0) is 10.0 Å². The number of hydrogen-bond acceptors (Lipinski definition) is 5. The molecule has 2 N–H and O–H groups in total. The minimum absolute atomic E-state index is 0.0122. The third kappa shape index (κ3) is 3.96. The number of thiophene rings is 1. The summed E-state index contributed by atoms with van der Waals surface area (Å²) < 4.78 is 61.5. The van der Waals surface area contributed by atoms with Crippen molar-refractivity contribution >= 4 is 37.3 Å². The smallest absolute Gasteiger partial charge is 0.387 e. The second-order valence-corrected chi connectivity index (χ2v) is 11.1. The van der Waals surface area contributed by atoms with Crippen LogP contribution in [0.2, 0.25) is 0 Å². The molecule has 3 aromatic rings. The van der Waals surface area contributed by atoms with E-state index in [-0.39, 0.29) is 5.75 Å². The summed E-state index contributed by atoms with van der Waals surface area (Å²) in [4.78, 5) is 0.870. The maximum atomic E-state index is 13.0. The Morgan fingerprint density at radius 2 is 1.97 bits per heavy atom. The number of rotatable bonds is 5. The molecule has 2 unspecified atom stereocenters. The van der Waals surface area contributed by atoms with Crippen molar-refractivity contribution in [3.8, 4) is 22.6 Å². The summed E-state index contributed by atoms with van der Waals surface area (Å²) in [6.07, 6.45) is -0.543. The fourth-order valence-electron chi connectivity index (χ4n) is 3.41. The summed E-state index contributed by atoms with van der Waals surface area (Å²) in [5.74, 6) is 0.393. The fourth-order valence-corrected chi connectivity index (χ4v) is 5.41. The third-order valence-electron chi connectivity index (χ3n) is 4.89. The molecule has 1 aliphatic rings. The summed E-state index contributed by atoms with van der Waals surface area (Å²) >= 11 is 4.90. The normalized spacial score (nSPS) is 16.5. The molecule has 4 rings (SSSR count). The zero-order chi connectivity index (χ0) is 21.6. The molecule has 158 valence electrons. The Hall–Kier alpha value is -2.01. The SMILES string of the molecule is CC(c1ccc2c(c1)C(c1ccc(Br)s1)Oc1cccc(OC(F)F)c1-2)S(N)(=O)=O. The molecule has 0 saturated heterocycles. The van der Waals surface area contributed by atoms with E-state index in [9.17, 15) is 17.2 Å². The van der Waals surface area contributed by atoms with Crippen LogP contribution in [0.1, 0.15) is 34.3 Å². The predicted octanol–water partition coefficient (Wildman–Crippen LogP) is 5.61. The van der Waals surface area contributed by atoms with Gasteiger partial charge < -0.3 is 9.47 Å². The Morgan fingerprint density at radius 1 is 1.20 bits per heavy atom. The van der Waals surface area contributed by atoms with Crippen molar-refractivity contribution in [1.82, 2.24) is 0 Å². The van der Waals surface area contributed by atoms with Gasteiger partial charge in [0.2, 0.25) is 10.0 Å². The van der Waals surface area contributed by atoms with E-state index >= 15 is 0 Å². The summed E-state index contributed by atoms with van der Waals surface area (Å²) in [6.45, 7) is -1.50. The van der Waals surface area contributed by atoms with Crippen LogP contribution >= 0.6 is 27.3 Å². The van der Waals surface area contributed by atoms with Crippen molar-refractivity contribution in [2.75, 3.05) is 0 Å². The molecule has 0 aliphatic carbocycles. The molecule has 0 saturated carbocycles. The largest absolute Gasteiger partial charge is 0.479 e. The molecule has 2 heterocycles. The highest BCUT2D eigenvalue weighted by Gasteiger charge is 2.32. The van der Waals surface area contributed by atoms with Crippen LogP contribution in [0.15, 0.2) is 52.3 Å². The van der Waals surface area contributed by atoms with Gasteiger partial charge in [-0.25, -0.2) is 13.6 Å². The van der Waals surface area contributed by atoms with Crippen molar-refractivity contribution in [3.05, 3.63) is 68.3 Å². The van der Waals surface area contributed by atoms with Crippen molar-refractivity contribution < 1.29 is 26.7 Å². The summed E-state index contributed by atoms with van der Waals surface area (Å²) in [6, 6.07) is 13.5. The van der Waals surface area contributed by atoms with Crippen LogP contribution < -0.4 is 14.6 Å². The zero-order valence-corrected chi connectivity index (χ0v) is 18.7. The van der Waals surface area contributed by atoms with Gasteiger partial charge in [0.15, 0.2) is 6.10 Å². The number of primary sulfonamides is 1. The minimum atomic E-state index is -3.81. The lowest BCUT2D eigenvalue weighted by Crippen LogP contribution is -2.21. The van der Waals surface area contributed by atoms with Gasteiger partial charge in [-0.05, 0) is 64.3 Å². The molecule has 0 bridgehead atoms. The summed E-state index contributed by atoms with van der Waals surface area (Å²) in [7, 11) is -3.81. The summed E-state index contributed by atoms with van der Waals surface area (Å²) in [5, 5.41) is 4.39. The van der Waals surface area contributed by atoms with Crippen LogP contribution in [0.4, 0.5) is 8.78 Å². The first kappa shape index (κ1) is 21.2. The molecule has 1 aliphatic heterocycles. The maximum absolute atomic E-state index is 13.0. The molecular formula is C20H16BrF2NO4S2. The Kier molecular flexibility index (Phi) is 5.60. The van der Waals surface area contributed by atoms with Crippen LogP contribution in [0.5, 0.6) is 11.5 Å². The van der Waals surface area contributed by atoms with E-state index in [1.807, 2.05) is 12.1 Å². The number of benzene rings is 2. The van der Waals surface area contributed by atoms with Crippen molar-refractivity contribution in [2.24, 2.45) is 5.14 Å². The van der Waals surface area contributed by atoms with Gasteiger partial charge in [0.25, 0.3) is 0 Å². The highest BCUT2D eigenvalue weighted by Crippen LogP contribution is 2.50. The third-order valence-corrected chi connectivity index (χ3v) is 7.82. The van der Waals surface area contributed by atoms with E-state index < -0.39 is 28.0 Å². The van der Waals surface area contributed by atoms with Crippen LogP contribution in [0.25, 0.3) is 11.1 Å². The first-order valence-corrected chi connectivity index (χ1v) is 12.0. The van der Waals surface area contributed by atoms with Gasteiger partial charge in [-0.1, -0.05) is 18.2 Å². The molecule has 0 amide bonds. The minimum Gasteiger partial charge on any atom is -0.479 e. The molecule has 5 nitrogen and oxygen atoms in total. The molecule has 0 radical (unpaired) electrons. The van der Waals surface area contributed by atoms with Gasteiger partial charge in [-0.3, -0.25) is 0 Å². The van der Waals surface area contributed by atoms with Gasteiger partial charge in [-0.2, -0.15) is 8.78 Å². The van der Waals surface area contributed by atoms with Crippen molar-refractivity contribution in [3.63, 3.8) is 0 Å². The van der Waals surface area contributed by atoms with Gasteiger partial charge in [-0.15, -0.1) is 11.3 Å². The lowest BCUT2D eigenvalue weighted by molar-refractivity contribution is -0.0496.